The number of carboxylic acid groups (broad SMARTS) is 1. The van der Waals surface area contributed by atoms with Crippen LogP contribution in [0.3, 0.4) is 0 Å². The van der Waals surface area contributed by atoms with Crippen LogP contribution in [-0.2, 0) is 4.74 Å². The van der Waals surface area contributed by atoms with E-state index in [1.165, 1.54) is 12.4 Å². The van der Waals surface area contributed by atoms with Gasteiger partial charge < -0.3 is 20.5 Å². The second kappa shape index (κ2) is 7.41. The number of nitrogens with one attached hydrogen (secondary N) is 2. The summed E-state index contributed by atoms with van der Waals surface area (Å²) in [5.41, 5.74) is -0.615. The third-order valence-corrected chi connectivity index (χ3v) is 2.20. The Morgan fingerprint density at radius 3 is 2.48 bits per heavy atom. The molecule has 1 rings (SSSR count). The Labute approximate surface area is 122 Å². The van der Waals surface area contributed by atoms with Crippen LogP contribution in [-0.4, -0.2) is 45.8 Å². The molecular formula is C13H20N4O4. The largest absolute Gasteiger partial charge is 0.476 e. The maximum atomic E-state index is 11.4. The van der Waals surface area contributed by atoms with Gasteiger partial charge in [0.1, 0.15) is 11.4 Å². The van der Waals surface area contributed by atoms with Gasteiger partial charge in [0.05, 0.1) is 12.4 Å². The van der Waals surface area contributed by atoms with Gasteiger partial charge in [-0.1, -0.05) is 0 Å². The minimum absolute atomic E-state index is 0.104. The normalized spacial score (nSPS) is 10.8. The molecule has 0 unspecified atom stereocenters. The summed E-state index contributed by atoms with van der Waals surface area (Å²) in [6.45, 7) is 6.42. The third-order valence-electron chi connectivity index (χ3n) is 2.20. The number of rotatable bonds is 6. The molecule has 1 amide bonds. The average Bonchev–Trinajstić information content (AvgIpc) is 2.36. The number of aromatic nitrogens is 2. The predicted molar refractivity (Wildman–Crippen MR) is 76.3 cm³/mol. The Kier molecular flexibility index (Phi) is 5.89. The quantitative estimate of drug-likeness (QED) is 0.682. The lowest BCUT2D eigenvalue weighted by Gasteiger charge is -2.19. The molecule has 0 atom stereocenters. The molecule has 1 heterocycles. The first kappa shape index (κ1) is 16.7. The number of anilines is 1. The molecule has 21 heavy (non-hydrogen) atoms. The molecule has 1 aromatic rings. The van der Waals surface area contributed by atoms with Gasteiger partial charge in [-0.2, -0.15) is 0 Å². The van der Waals surface area contributed by atoms with Crippen LogP contribution in [0.2, 0.25) is 0 Å². The Bertz CT molecular complexity index is 482. The van der Waals surface area contributed by atoms with Crippen molar-refractivity contribution in [3.05, 3.63) is 18.1 Å². The molecule has 8 nitrogen and oxygen atoms in total. The molecule has 0 saturated carbocycles. The number of carboxylic acids is 1. The molecule has 1 aromatic heterocycles. The van der Waals surface area contributed by atoms with Crippen LogP contribution in [0.4, 0.5) is 10.6 Å². The number of hydrogen-bond acceptors (Lipinski definition) is 6. The SMILES string of the molecule is CC(C)(C)OC(=O)NCCCNc1cnc(C(=O)O)cn1. The second-order valence-electron chi connectivity index (χ2n) is 5.30. The van der Waals surface area contributed by atoms with E-state index < -0.39 is 17.7 Å². The smallest absolute Gasteiger partial charge is 0.407 e. The fourth-order valence-electron chi connectivity index (χ4n) is 1.34. The van der Waals surface area contributed by atoms with E-state index in [9.17, 15) is 9.59 Å². The summed E-state index contributed by atoms with van der Waals surface area (Å²) in [5, 5.41) is 14.3. The van der Waals surface area contributed by atoms with Crippen LogP contribution < -0.4 is 10.6 Å². The fourth-order valence-corrected chi connectivity index (χ4v) is 1.34. The summed E-state index contributed by atoms with van der Waals surface area (Å²) in [4.78, 5) is 29.6. The minimum atomic E-state index is -1.12. The summed E-state index contributed by atoms with van der Waals surface area (Å²) in [7, 11) is 0. The highest BCUT2D eigenvalue weighted by Gasteiger charge is 2.15. The molecule has 8 heteroatoms. The van der Waals surface area contributed by atoms with Gasteiger partial charge in [0.2, 0.25) is 0 Å². The number of carbonyl (C=O) groups excluding carboxylic acids is 1. The van der Waals surface area contributed by atoms with Crippen molar-refractivity contribution in [2.75, 3.05) is 18.4 Å². The fraction of sp³-hybridized carbons (Fsp3) is 0.538. The number of ether oxygens (including phenoxy) is 1. The maximum absolute atomic E-state index is 11.4. The van der Waals surface area contributed by atoms with E-state index in [1.807, 2.05) is 0 Å². The van der Waals surface area contributed by atoms with Crippen molar-refractivity contribution >= 4 is 17.9 Å². The first-order valence-corrected chi connectivity index (χ1v) is 6.54. The molecule has 3 N–H and O–H groups in total. The van der Waals surface area contributed by atoms with Crippen molar-refractivity contribution < 1.29 is 19.4 Å². The number of alkyl carbamates (subject to hydrolysis) is 1. The van der Waals surface area contributed by atoms with E-state index in [-0.39, 0.29) is 5.69 Å². The van der Waals surface area contributed by atoms with Crippen LogP contribution in [0.25, 0.3) is 0 Å². The van der Waals surface area contributed by atoms with E-state index in [2.05, 4.69) is 20.6 Å². The lowest BCUT2D eigenvalue weighted by Crippen LogP contribution is -2.33. The van der Waals surface area contributed by atoms with E-state index >= 15 is 0 Å². The van der Waals surface area contributed by atoms with Gasteiger partial charge in [-0.25, -0.2) is 19.6 Å². The third kappa shape index (κ3) is 7.09. The van der Waals surface area contributed by atoms with Gasteiger partial charge in [0, 0.05) is 13.1 Å². The van der Waals surface area contributed by atoms with Gasteiger partial charge >= 0.3 is 12.1 Å². The summed E-state index contributed by atoms with van der Waals surface area (Å²) >= 11 is 0. The van der Waals surface area contributed by atoms with Crippen molar-refractivity contribution in [2.45, 2.75) is 32.8 Å². The molecule has 0 spiro atoms. The molecule has 0 aromatic carbocycles. The molecule has 116 valence electrons. The number of aromatic carboxylic acids is 1. The first-order chi connectivity index (χ1) is 9.78. The topological polar surface area (TPSA) is 113 Å². The van der Waals surface area contributed by atoms with Crippen LogP contribution in [0.15, 0.2) is 12.4 Å². The lowest BCUT2D eigenvalue weighted by atomic mass is 10.2. The zero-order valence-corrected chi connectivity index (χ0v) is 12.3. The van der Waals surface area contributed by atoms with Crippen molar-refractivity contribution in [2.24, 2.45) is 0 Å². The number of nitrogens with zero attached hydrogens (tertiary/aromatic N) is 2. The van der Waals surface area contributed by atoms with Crippen LogP contribution in [0.5, 0.6) is 0 Å². The second-order valence-corrected chi connectivity index (χ2v) is 5.30. The highest BCUT2D eigenvalue weighted by molar-refractivity contribution is 5.84. The van der Waals surface area contributed by atoms with Gasteiger partial charge in [0.25, 0.3) is 0 Å². The molecule has 0 saturated heterocycles. The molecule has 0 fully saturated rings. The molecule has 0 aliphatic rings. The van der Waals surface area contributed by atoms with Gasteiger partial charge in [-0.3, -0.25) is 0 Å². The van der Waals surface area contributed by atoms with Crippen molar-refractivity contribution in [1.29, 1.82) is 0 Å². The van der Waals surface area contributed by atoms with Crippen molar-refractivity contribution in [3.63, 3.8) is 0 Å². The molecular weight excluding hydrogens is 276 g/mol. The summed E-state index contributed by atoms with van der Waals surface area (Å²) in [6, 6.07) is 0. The van der Waals surface area contributed by atoms with Crippen LogP contribution in [0, 0.1) is 0 Å². The Hall–Kier alpha value is -2.38. The Morgan fingerprint density at radius 1 is 1.24 bits per heavy atom. The van der Waals surface area contributed by atoms with Gasteiger partial charge in [0.15, 0.2) is 5.69 Å². The zero-order chi connectivity index (χ0) is 15.9. The monoisotopic (exact) mass is 296 g/mol. The van der Waals surface area contributed by atoms with E-state index in [0.29, 0.717) is 25.3 Å². The summed E-state index contributed by atoms with van der Waals surface area (Å²) in [6.07, 6.45) is 2.75. The standard InChI is InChI=1S/C13H20N4O4/c1-13(2,3)21-12(20)15-6-4-5-14-10-8-16-9(7-17-10)11(18)19/h7-8H,4-6H2,1-3H3,(H,14,17)(H,15,20)(H,18,19). The number of hydrogen-bond donors (Lipinski definition) is 3. The molecule has 0 bridgehead atoms. The molecule has 0 aliphatic heterocycles. The Balaban J connectivity index is 2.19. The first-order valence-electron chi connectivity index (χ1n) is 6.54. The van der Waals surface area contributed by atoms with Gasteiger partial charge in [-0.05, 0) is 27.2 Å². The highest BCUT2D eigenvalue weighted by atomic mass is 16.6. The van der Waals surface area contributed by atoms with Crippen molar-refractivity contribution in [3.8, 4) is 0 Å². The predicted octanol–water partition coefficient (Wildman–Crippen LogP) is 1.50. The van der Waals surface area contributed by atoms with Gasteiger partial charge in [-0.15, -0.1) is 0 Å². The van der Waals surface area contributed by atoms with E-state index in [0.717, 1.165) is 0 Å². The Morgan fingerprint density at radius 2 is 1.95 bits per heavy atom. The molecule has 0 radical (unpaired) electrons. The van der Waals surface area contributed by atoms with E-state index in [1.54, 1.807) is 20.8 Å². The van der Waals surface area contributed by atoms with Crippen LogP contribution in [0.1, 0.15) is 37.7 Å². The lowest BCUT2D eigenvalue weighted by molar-refractivity contribution is 0.0527. The number of carbonyl (C=O) groups is 2. The minimum Gasteiger partial charge on any atom is -0.476 e. The highest BCUT2D eigenvalue weighted by Crippen LogP contribution is 2.06. The number of amides is 1. The summed E-state index contributed by atoms with van der Waals surface area (Å²) < 4.78 is 5.09. The van der Waals surface area contributed by atoms with Crippen molar-refractivity contribution in [1.82, 2.24) is 15.3 Å². The van der Waals surface area contributed by atoms with E-state index in [4.69, 9.17) is 9.84 Å². The van der Waals surface area contributed by atoms with Crippen LogP contribution >= 0.6 is 0 Å². The zero-order valence-electron chi connectivity index (χ0n) is 12.3. The average molecular weight is 296 g/mol. The molecule has 0 aliphatic carbocycles. The maximum Gasteiger partial charge on any atom is 0.407 e. The summed E-state index contributed by atoms with van der Waals surface area (Å²) in [5.74, 6) is -0.632.